The Bertz CT molecular complexity index is 927. The van der Waals surface area contributed by atoms with Crippen LogP contribution in [0.3, 0.4) is 0 Å². The summed E-state index contributed by atoms with van der Waals surface area (Å²) in [6, 6.07) is 16.4. The van der Waals surface area contributed by atoms with E-state index in [0.717, 1.165) is 25.9 Å². The number of likely N-dealkylation sites (tertiary alicyclic amines) is 1. The van der Waals surface area contributed by atoms with E-state index < -0.39 is 9.84 Å². The monoisotopic (exact) mass is 384 g/mol. The molecule has 0 radical (unpaired) electrons. The Kier molecular flexibility index (Phi) is 5.02. The van der Waals surface area contributed by atoms with Crippen LogP contribution in [0.25, 0.3) is 0 Å². The topological polar surface area (TPSA) is 66.5 Å². The van der Waals surface area contributed by atoms with Crippen LogP contribution in [0.4, 0.5) is 0 Å². The van der Waals surface area contributed by atoms with Crippen LogP contribution in [0.2, 0.25) is 0 Å². The molecule has 2 fully saturated rings. The first-order valence-corrected chi connectivity index (χ1v) is 11.1. The highest BCUT2D eigenvalue weighted by molar-refractivity contribution is 7.90. The normalized spacial score (nSPS) is 22.4. The van der Waals surface area contributed by atoms with Gasteiger partial charge in [0.2, 0.25) is 0 Å². The third kappa shape index (κ3) is 4.06. The molecule has 0 aromatic heterocycles. The summed E-state index contributed by atoms with van der Waals surface area (Å²) in [4.78, 5) is 15.2. The van der Waals surface area contributed by atoms with Gasteiger partial charge in [-0.25, -0.2) is 8.42 Å². The van der Waals surface area contributed by atoms with Gasteiger partial charge >= 0.3 is 0 Å². The summed E-state index contributed by atoms with van der Waals surface area (Å²) in [5.41, 5.74) is 1.20. The van der Waals surface area contributed by atoms with Gasteiger partial charge in [-0.2, -0.15) is 0 Å². The minimum absolute atomic E-state index is 0.0108. The molecule has 2 aliphatic heterocycles. The van der Waals surface area contributed by atoms with E-state index in [0.29, 0.717) is 28.1 Å². The molecule has 0 saturated carbocycles. The van der Waals surface area contributed by atoms with Crippen molar-refractivity contribution in [1.82, 2.24) is 10.2 Å². The van der Waals surface area contributed by atoms with Gasteiger partial charge in [0.1, 0.15) is 0 Å². The SMILES string of the molecule is O=C(c1cccc(CS(=O)(=O)c2ccccc2)c1)N1CCC2CCC(C1)N2. The van der Waals surface area contributed by atoms with Gasteiger partial charge in [-0.1, -0.05) is 30.3 Å². The number of nitrogens with one attached hydrogen (secondary N) is 1. The van der Waals surface area contributed by atoms with E-state index in [1.54, 1.807) is 54.6 Å². The molecule has 1 amide bonds. The maximum absolute atomic E-state index is 13.0. The van der Waals surface area contributed by atoms with Crippen molar-refractivity contribution in [1.29, 1.82) is 0 Å². The van der Waals surface area contributed by atoms with Crippen LogP contribution in [0, 0.1) is 0 Å². The molecule has 2 unspecified atom stereocenters. The number of carbonyl (C=O) groups is 1. The standard InChI is InChI=1S/C21H24N2O3S/c24-21(23-12-11-18-9-10-19(14-23)22-18)17-6-4-5-16(13-17)15-27(25,26)20-7-2-1-3-8-20/h1-8,13,18-19,22H,9-12,14-15H2. The van der Waals surface area contributed by atoms with Gasteiger partial charge in [-0.15, -0.1) is 0 Å². The predicted octanol–water partition coefficient (Wildman–Crippen LogP) is 2.63. The fourth-order valence-electron chi connectivity index (χ4n) is 4.03. The first-order valence-electron chi connectivity index (χ1n) is 9.43. The number of benzene rings is 2. The number of amides is 1. The second-order valence-corrected chi connectivity index (χ2v) is 9.44. The molecule has 2 aliphatic rings. The number of sulfone groups is 1. The van der Waals surface area contributed by atoms with Crippen molar-refractivity contribution in [3.8, 4) is 0 Å². The largest absolute Gasteiger partial charge is 0.337 e. The Morgan fingerprint density at radius 3 is 2.59 bits per heavy atom. The molecule has 0 spiro atoms. The van der Waals surface area contributed by atoms with Gasteiger partial charge in [-0.05, 0) is 49.1 Å². The Balaban J connectivity index is 1.51. The second kappa shape index (κ2) is 7.44. The van der Waals surface area contributed by atoms with E-state index in [2.05, 4.69) is 5.32 Å². The van der Waals surface area contributed by atoms with Crippen LogP contribution >= 0.6 is 0 Å². The summed E-state index contributed by atoms with van der Waals surface area (Å²) in [5.74, 6) is -0.118. The fraction of sp³-hybridized carbons (Fsp3) is 0.381. The number of rotatable bonds is 4. The zero-order valence-electron chi connectivity index (χ0n) is 15.2. The maximum atomic E-state index is 13.0. The van der Waals surface area contributed by atoms with Gasteiger partial charge in [0.25, 0.3) is 5.91 Å². The molecular formula is C21H24N2O3S. The lowest BCUT2D eigenvalue weighted by atomic mass is 10.1. The Morgan fingerprint density at radius 1 is 1.00 bits per heavy atom. The molecule has 5 nitrogen and oxygen atoms in total. The highest BCUT2D eigenvalue weighted by Gasteiger charge is 2.31. The van der Waals surface area contributed by atoms with Crippen molar-refractivity contribution in [2.45, 2.75) is 42.0 Å². The number of hydrogen-bond acceptors (Lipinski definition) is 4. The summed E-state index contributed by atoms with van der Waals surface area (Å²) in [6.45, 7) is 1.47. The zero-order valence-corrected chi connectivity index (χ0v) is 16.0. The van der Waals surface area contributed by atoms with E-state index in [1.165, 1.54) is 6.42 Å². The summed E-state index contributed by atoms with van der Waals surface area (Å²) in [6.07, 6.45) is 3.29. The molecule has 2 heterocycles. The first kappa shape index (κ1) is 18.2. The number of hydrogen-bond donors (Lipinski definition) is 1. The smallest absolute Gasteiger partial charge is 0.253 e. The Morgan fingerprint density at radius 2 is 1.78 bits per heavy atom. The molecule has 6 heteroatoms. The van der Waals surface area contributed by atoms with E-state index >= 15 is 0 Å². The van der Waals surface area contributed by atoms with Gasteiger partial charge in [0.15, 0.2) is 9.84 Å². The summed E-state index contributed by atoms with van der Waals surface area (Å²) >= 11 is 0. The first-order chi connectivity index (χ1) is 13.0. The van der Waals surface area contributed by atoms with Crippen molar-refractivity contribution in [3.05, 3.63) is 65.7 Å². The van der Waals surface area contributed by atoms with Crippen LogP contribution in [0.15, 0.2) is 59.5 Å². The minimum Gasteiger partial charge on any atom is -0.337 e. The van der Waals surface area contributed by atoms with Crippen LogP contribution in [0.5, 0.6) is 0 Å². The van der Waals surface area contributed by atoms with Crippen molar-refractivity contribution in [2.24, 2.45) is 0 Å². The molecule has 2 atom stereocenters. The van der Waals surface area contributed by atoms with Gasteiger partial charge < -0.3 is 10.2 Å². The average Bonchev–Trinajstić information content (AvgIpc) is 3.00. The fourth-order valence-corrected chi connectivity index (χ4v) is 5.39. The maximum Gasteiger partial charge on any atom is 0.253 e. The van der Waals surface area contributed by atoms with Gasteiger partial charge in [0.05, 0.1) is 10.6 Å². The van der Waals surface area contributed by atoms with Crippen LogP contribution < -0.4 is 5.32 Å². The third-order valence-corrected chi connectivity index (χ3v) is 7.15. The van der Waals surface area contributed by atoms with Crippen molar-refractivity contribution >= 4 is 15.7 Å². The summed E-state index contributed by atoms with van der Waals surface area (Å²) < 4.78 is 25.2. The Hall–Kier alpha value is -2.18. The van der Waals surface area contributed by atoms with E-state index in [-0.39, 0.29) is 11.7 Å². The van der Waals surface area contributed by atoms with Crippen LogP contribution in [0.1, 0.15) is 35.2 Å². The van der Waals surface area contributed by atoms with Crippen LogP contribution in [-0.2, 0) is 15.6 Å². The highest BCUT2D eigenvalue weighted by atomic mass is 32.2. The lowest BCUT2D eigenvalue weighted by Gasteiger charge is -2.24. The summed E-state index contributed by atoms with van der Waals surface area (Å²) in [7, 11) is -3.43. The minimum atomic E-state index is -3.43. The molecule has 2 saturated heterocycles. The molecule has 2 aromatic carbocycles. The third-order valence-electron chi connectivity index (χ3n) is 5.44. The average molecular weight is 385 g/mol. The molecule has 2 bridgehead atoms. The molecule has 4 rings (SSSR count). The molecule has 27 heavy (non-hydrogen) atoms. The lowest BCUT2D eigenvalue weighted by Crippen LogP contribution is -2.39. The second-order valence-electron chi connectivity index (χ2n) is 7.45. The van der Waals surface area contributed by atoms with E-state index in [4.69, 9.17) is 0 Å². The zero-order chi connectivity index (χ0) is 18.9. The predicted molar refractivity (Wildman–Crippen MR) is 104 cm³/mol. The molecule has 1 N–H and O–H groups in total. The number of nitrogens with zero attached hydrogens (tertiary/aromatic N) is 1. The lowest BCUT2D eigenvalue weighted by molar-refractivity contribution is 0.0748. The van der Waals surface area contributed by atoms with Crippen molar-refractivity contribution in [2.75, 3.05) is 13.1 Å². The highest BCUT2D eigenvalue weighted by Crippen LogP contribution is 2.22. The summed E-state index contributed by atoms with van der Waals surface area (Å²) in [5, 5.41) is 3.58. The molecular weight excluding hydrogens is 360 g/mol. The molecule has 142 valence electrons. The molecule has 2 aromatic rings. The Labute approximate surface area is 160 Å². The quantitative estimate of drug-likeness (QED) is 0.880. The van der Waals surface area contributed by atoms with E-state index in [1.807, 2.05) is 4.90 Å². The number of carbonyl (C=O) groups excluding carboxylic acids is 1. The van der Waals surface area contributed by atoms with Crippen molar-refractivity contribution < 1.29 is 13.2 Å². The number of fused-ring (bicyclic) bond motifs is 2. The van der Waals surface area contributed by atoms with Crippen molar-refractivity contribution in [3.63, 3.8) is 0 Å². The van der Waals surface area contributed by atoms with Gasteiger partial charge in [-0.3, -0.25) is 4.79 Å². The molecule has 0 aliphatic carbocycles. The van der Waals surface area contributed by atoms with Gasteiger partial charge in [0, 0.05) is 30.7 Å². The van der Waals surface area contributed by atoms with E-state index in [9.17, 15) is 13.2 Å². The van der Waals surface area contributed by atoms with Crippen LogP contribution in [-0.4, -0.2) is 44.4 Å².